The van der Waals surface area contributed by atoms with Crippen LogP contribution in [0.3, 0.4) is 0 Å². The van der Waals surface area contributed by atoms with Gasteiger partial charge >= 0.3 is 0 Å². The number of benzene rings is 4. The summed E-state index contributed by atoms with van der Waals surface area (Å²) >= 11 is 7.91. The molecule has 1 N–H and O–H groups in total. The Labute approximate surface area is 221 Å². The number of hydrogen-bond acceptors (Lipinski definition) is 3. The van der Waals surface area contributed by atoms with Crippen LogP contribution in [0.5, 0.6) is 5.75 Å². The summed E-state index contributed by atoms with van der Waals surface area (Å²) in [5.74, 6) is 0.571. The Morgan fingerprint density at radius 3 is 2.44 bits per heavy atom. The number of rotatable bonds is 6. The normalized spacial score (nSPS) is 11.1. The maximum atomic E-state index is 12.3. The lowest BCUT2D eigenvalue weighted by Crippen LogP contribution is -2.18. The minimum Gasteiger partial charge on any atom is -0.487 e. The van der Waals surface area contributed by atoms with Crippen LogP contribution in [0.4, 0.5) is 0 Å². The van der Waals surface area contributed by atoms with Gasteiger partial charge in [0.25, 0.3) is 5.91 Å². The van der Waals surface area contributed by atoms with Gasteiger partial charge in [0.2, 0.25) is 0 Å². The third-order valence-electron chi connectivity index (χ3n) is 4.77. The molecule has 0 saturated carbocycles. The van der Waals surface area contributed by atoms with Crippen LogP contribution in [0.25, 0.3) is 10.8 Å². The first-order valence-electron chi connectivity index (χ1n) is 9.69. The quantitative estimate of drug-likeness (QED) is 0.131. The van der Waals surface area contributed by atoms with Gasteiger partial charge in [-0.05, 0) is 107 Å². The van der Waals surface area contributed by atoms with E-state index in [2.05, 4.69) is 102 Å². The number of nitrogens with one attached hydrogen (secondary N) is 1. The van der Waals surface area contributed by atoms with Gasteiger partial charge in [-0.3, -0.25) is 4.79 Å². The van der Waals surface area contributed by atoms with E-state index in [9.17, 15) is 4.79 Å². The molecule has 4 aromatic rings. The summed E-state index contributed by atoms with van der Waals surface area (Å²) in [4.78, 5) is 12.3. The van der Waals surface area contributed by atoms with E-state index in [0.717, 1.165) is 28.5 Å². The third-order valence-corrected chi connectivity index (χ3v) is 7.06. The van der Waals surface area contributed by atoms with Crippen LogP contribution in [0.2, 0.25) is 0 Å². The summed E-state index contributed by atoms with van der Waals surface area (Å²) in [7, 11) is 0. The summed E-state index contributed by atoms with van der Waals surface area (Å²) in [5.41, 5.74) is 5.13. The maximum absolute atomic E-state index is 12.3. The molecule has 7 heteroatoms. The molecule has 0 fully saturated rings. The van der Waals surface area contributed by atoms with E-state index >= 15 is 0 Å². The van der Waals surface area contributed by atoms with E-state index in [-0.39, 0.29) is 5.91 Å². The molecule has 0 atom stereocenters. The van der Waals surface area contributed by atoms with Crippen molar-refractivity contribution < 1.29 is 9.53 Å². The molecule has 1 amide bonds. The van der Waals surface area contributed by atoms with Gasteiger partial charge in [0, 0.05) is 4.47 Å². The van der Waals surface area contributed by atoms with Gasteiger partial charge < -0.3 is 4.74 Å². The summed E-state index contributed by atoms with van der Waals surface area (Å²) in [6.07, 6.45) is 1.63. The highest BCUT2D eigenvalue weighted by atomic mass is 127. The Kier molecular flexibility index (Phi) is 7.80. The van der Waals surface area contributed by atoms with E-state index in [1.54, 1.807) is 12.3 Å². The highest BCUT2D eigenvalue weighted by Crippen LogP contribution is 2.30. The van der Waals surface area contributed by atoms with E-state index in [4.69, 9.17) is 4.74 Å². The van der Waals surface area contributed by atoms with Crippen molar-refractivity contribution in [3.8, 4) is 5.75 Å². The first-order chi connectivity index (χ1) is 15.5. The molecule has 0 aromatic heterocycles. The number of carbonyl (C=O) groups is 1. The van der Waals surface area contributed by atoms with Gasteiger partial charge in [0.15, 0.2) is 0 Å². The number of halogens is 3. The van der Waals surface area contributed by atoms with Crippen molar-refractivity contribution in [3.63, 3.8) is 0 Å². The summed E-state index contributed by atoms with van der Waals surface area (Å²) in [6.45, 7) is 0.489. The number of hydrogen-bond donors (Lipinski definition) is 1. The lowest BCUT2D eigenvalue weighted by atomic mass is 10.1. The van der Waals surface area contributed by atoms with Crippen molar-refractivity contribution in [2.24, 2.45) is 5.10 Å². The molecule has 0 heterocycles. The van der Waals surface area contributed by atoms with Gasteiger partial charge in [0.1, 0.15) is 12.4 Å². The number of fused-ring (bicyclic) bond motifs is 1. The Hall–Kier alpha value is -1.98. The molecule has 32 heavy (non-hydrogen) atoms. The van der Waals surface area contributed by atoms with Crippen LogP contribution >= 0.6 is 61.1 Å². The topological polar surface area (TPSA) is 50.7 Å². The van der Waals surface area contributed by atoms with Gasteiger partial charge in [-0.2, -0.15) is 5.10 Å². The van der Waals surface area contributed by atoms with Gasteiger partial charge in [-0.15, -0.1) is 0 Å². The zero-order valence-corrected chi connectivity index (χ0v) is 22.6. The lowest BCUT2D eigenvalue weighted by Gasteiger charge is -2.13. The van der Waals surface area contributed by atoms with Crippen molar-refractivity contribution in [2.75, 3.05) is 0 Å². The standard InChI is InChI=1S/C25H17BrI2N2O2/c26-21-11-4-3-10-20(21)25(31)30-29-14-16-12-22(27)24(23(28)13-16)32-15-18-8-5-7-17-6-1-2-9-19(17)18/h1-14H,15H2,(H,30,31)/b29-14+. The van der Waals surface area contributed by atoms with Crippen LogP contribution in [0.15, 0.2) is 88.4 Å². The zero-order valence-electron chi connectivity index (χ0n) is 16.7. The Balaban J connectivity index is 1.45. The van der Waals surface area contributed by atoms with Gasteiger partial charge in [0.05, 0.1) is 18.9 Å². The highest BCUT2D eigenvalue weighted by Gasteiger charge is 2.11. The first-order valence-corrected chi connectivity index (χ1v) is 12.6. The summed E-state index contributed by atoms with van der Waals surface area (Å²) in [5, 5.41) is 6.51. The zero-order chi connectivity index (χ0) is 22.5. The molecule has 0 unspecified atom stereocenters. The number of carbonyl (C=O) groups excluding carboxylic acids is 1. The van der Waals surface area contributed by atoms with Crippen LogP contribution in [-0.4, -0.2) is 12.1 Å². The summed E-state index contributed by atoms with van der Waals surface area (Å²) < 4.78 is 8.88. The third kappa shape index (κ3) is 5.49. The number of hydrazone groups is 1. The van der Waals surface area contributed by atoms with Crippen molar-refractivity contribution >= 4 is 84.0 Å². The second kappa shape index (κ2) is 10.8. The molecule has 4 aromatic carbocycles. The minimum atomic E-state index is -0.270. The van der Waals surface area contributed by atoms with Crippen LogP contribution in [-0.2, 0) is 6.61 Å². The van der Waals surface area contributed by atoms with E-state index in [1.165, 1.54) is 10.8 Å². The molecule has 0 aliphatic rings. The largest absolute Gasteiger partial charge is 0.487 e. The molecule has 0 spiro atoms. The fraction of sp³-hybridized carbons (Fsp3) is 0.0400. The SMILES string of the molecule is O=C(N/N=C/c1cc(I)c(OCc2cccc3ccccc23)c(I)c1)c1ccccc1Br. The lowest BCUT2D eigenvalue weighted by molar-refractivity contribution is 0.0954. The average Bonchev–Trinajstić information content (AvgIpc) is 2.79. The maximum Gasteiger partial charge on any atom is 0.272 e. The fourth-order valence-corrected chi connectivity index (χ4v) is 5.82. The van der Waals surface area contributed by atoms with Crippen molar-refractivity contribution in [3.05, 3.63) is 107 Å². The van der Waals surface area contributed by atoms with Crippen molar-refractivity contribution in [1.82, 2.24) is 5.43 Å². The van der Waals surface area contributed by atoms with E-state index < -0.39 is 0 Å². The highest BCUT2D eigenvalue weighted by molar-refractivity contribution is 14.1. The molecule has 0 aliphatic heterocycles. The number of ether oxygens (including phenoxy) is 1. The van der Waals surface area contributed by atoms with Crippen LogP contribution in [0, 0.1) is 7.14 Å². The number of amides is 1. The molecule has 0 radical (unpaired) electrons. The van der Waals surface area contributed by atoms with Gasteiger partial charge in [-0.25, -0.2) is 5.43 Å². The molecule has 0 aliphatic carbocycles. The average molecular weight is 711 g/mol. The predicted octanol–water partition coefficient (Wildman–Crippen LogP) is 7.15. The van der Waals surface area contributed by atoms with Gasteiger partial charge in [-0.1, -0.05) is 54.6 Å². The molecule has 0 saturated heterocycles. The minimum absolute atomic E-state index is 0.270. The second-order valence-electron chi connectivity index (χ2n) is 6.92. The Morgan fingerprint density at radius 2 is 1.66 bits per heavy atom. The van der Waals surface area contributed by atoms with E-state index in [0.29, 0.717) is 12.2 Å². The molecular weight excluding hydrogens is 694 g/mol. The Bertz CT molecular complexity index is 1300. The molecule has 4 rings (SSSR count). The predicted molar refractivity (Wildman–Crippen MR) is 149 cm³/mol. The molecular formula is C25H17BrI2N2O2. The smallest absolute Gasteiger partial charge is 0.272 e. The molecule has 0 bridgehead atoms. The van der Waals surface area contributed by atoms with E-state index in [1.807, 2.05) is 42.5 Å². The second-order valence-corrected chi connectivity index (χ2v) is 10.1. The molecule has 160 valence electrons. The molecule has 4 nitrogen and oxygen atoms in total. The van der Waals surface area contributed by atoms with Crippen molar-refractivity contribution in [2.45, 2.75) is 6.61 Å². The first kappa shape index (κ1) is 23.2. The Morgan fingerprint density at radius 1 is 0.969 bits per heavy atom. The number of nitrogens with zero attached hydrogens (tertiary/aromatic N) is 1. The van der Waals surface area contributed by atoms with Crippen LogP contribution in [0.1, 0.15) is 21.5 Å². The van der Waals surface area contributed by atoms with Crippen molar-refractivity contribution in [1.29, 1.82) is 0 Å². The summed E-state index contributed by atoms with van der Waals surface area (Å²) in [6, 6.07) is 25.8. The van der Waals surface area contributed by atoms with Crippen LogP contribution < -0.4 is 10.2 Å². The monoisotopic (exact) mass is 710 g/mol. The fourth-order valence-electron chi connectivity index (χ4n) is 3.23.